The Morgan fingerprint density at radius 1 is 1.20 bits per heavy atom. The molecule has 0 radical (unpaired) electrons. The average molecular weight is 271 g/mol. The average Bonchev–Trinajstić information content (AvgIpc) is 2.83. The van der Waals surface area contributed by atoms with Gasteiger partial charge < -0.3 is 9.13 Å². The number of hydrogen-bond donors (Lipinski definition) is 0. The molecule has 0 atom stereocenters. The maximum Gasteiger partial charge on any atom is 0.250 e. The van der Waals surface area contributed by atoms with E-state index in [2.05, 4.69) is 4.98 Å². The van der Waals surface area contributed by atoms with Crippen molar-refractivity contribution >= 4 is 5.78 Å². The maximum atomic E-state index is 12.1. The zero-order chi connectivity index (χ0) is 14.1. The summed E-state index contributed by atoms with van der Waals surface area (Å²) in [7, 11) is 0. The second-order valence-corrected chi connectivity index (χ2v) is 5.13. The van der Waals surface area contributed by atoms with Crippen molar-refractivity contribution in [1.29, 1.82) is 0 Å². The number of ketones is 1. The Morgan fingerprint density at radius 3 is 2.80 bits per heavy atom. The van der Waals surface area contributed by atoms with Crippen molar-refractivity contribution in [2.24, 2.45) is 0 Å². The number of nitrogens with zero attached hydrogens (tertiary/aromatic N) is 3. The maximum absolute atomic E-state index is 12.1. The number of pyridine rings is 1. The van der Waals surface area contributed by atoms with Crippen molar-refractivity contribution in [2.45, 2.75) is 39.3 Å². The first-order valence-electron chi connectivity index (χ1n) is 6.90. The molecule has 104 valence electrons. The van der Waals surface area contributed by atoms with Gasteiger partial charge in [-0.05, 0) is 25.8 Å². The fourth-order valence-corrected chi connectivity index (χ4v) is 2.79. The van der Waals surface area contributed by atoms with Gasteiger partial charge in [0.05, 0.1) is 0 Å². The van der Waals surface area contributed by atoms with E-state index >= 15 is 0 Å². The quantitative estimate of drug-likeness (QED) is 0.851. The van der Waals surface area contributed by atoms with Crippen LogP contribution >= 0.6 is 0 Å². The Labute approximate surface area is 116 Å². The second-order valence-electron chi connectivity index (χ2n) is 5.13. The van der Waals surface area contributed by atoms with Gasteiger partial charge in [0.25, 0.3) is 5.56 Å². The summed E-state index contributed by atoms with van der Waals surface area (Å²) in [5.74, 6) is 1.08. The summed E-state index contributed by atoms with van der Waals surface area (Å²) in [5, 5.41) is 0. The molecule has 5 nitrogen and oxygen atoms in total. The summed E-state index contributed by atoms with van der Waals surface area (Å²) in [6.45, 7) is 3.20. The lowest BCUT2D eigenvalue weighted by Crippen LogP contribution is -2.29. The van der Waals surface area contributed by atoms with Crippen LogP contribution in [0.4, 0.5) is 0 Å². The lowest BCUT2D eigenvalue weighted by molar-refractivity contribution is 0.0970. The number of aromatic nitrogens is 3. The molecule has 0 fully saturated rings. The van der Waals surface area contributed by atoms with E-state index in [1.54, 1.807) is 16.8 Å². The van der Waals surface area contributed by atoms with Gasteiger partial charge in [0.15, 0.2) is 5.78 Å². The normalized spacial score (nSPS) is 14.3. The van der Waals surface area contributed by atoms with Crippen molar-refractivity contribution in [1.82, 2.24) is 14.1 Å². The topological polar surface area (TPSA) is 56.9 Å². The van der Waals surface area contributed by atoms with Crippen LogP contribution in [0.25, 0.3) is 0 Å². The third-order valence-electron chi connectivity index (χ3n) is 3.90. The SMILES string of the molecule is Cc1nccn1CCn1c2c(ccc1=O)C(=O)CCC2. The van der Waals surface area contributed by atoms with Crippen molar-refractivity contribution in [2.75, 3.05) is 0 Å². The molecular formula is C15H17N3O2. The number of carbonyl (C=O) groups is 1. The molecule has 20 heavy (non-hydrogen) atoms. The standard InChI is InChI=1S/C15H17N3O2/c1-11-16-7-8-17(11)9-10-18-13-3-2-4-14(19)12(13)5-6-15(18)20/h5-8H,2-4,9-10H2,1H3. The van der Waals surface area contributed by atoms with E-state index in [-0.39, 0.29) is 11.3 Å². The zero-order valence-electron chi connectivity index (χ0n) is 11.5. The molecule has 0 unspecified atom stereocenters. The number of fused-ring (bicyclic) bond motifs is 1. The summed E-state index contributed by atoms with van der Waals surface area (Å²) < 4.78 is 3.75. The zero-order valence-corrected chi connectivity index (χ0v) is 11.5. The first-order valence-corrected chi connectivity index (χ1v) is 6.90. The molecule has 0 bridgehead atoms. The van der Waals surface area contributed by atoms with Gasteiger partial charge in [0.1, 0.15) is 5.82 Å². The molecule has 1 aliphatic rings. The van der Waals surface area contributed by atoms with E-state index in [1.807, 2.05) is 17.7 Å². The molecule has 2 heterocycles. The van der Waals surface area contributed by atoms with Gasteiger partial charge in [-0.3, -0.25) is 9.59 Å². The minimum absolute atomic E-state index is 0.0313. The van der Waals surface area contributed by atoms with Gasteiger partial charge in [-0.2, -0.15) is 0 Å². The van der Waals surface area contributed by atoms with Gasteiger partial charge in [-0.1, -0.05) is 0 Å². The fourth-order valence-electron chi connectivity index (χ4n) is 2.79. The molecule has 2 aromatic heterocycles. The third kappa shape index (κ3) is 2.19. The first-order chi connectivity index (χ1) is 9.66. The van der Waals surface area contributed by atoms with Gasteiger partial charge in [-0.25, -0.2) is 4.98 Å². The molecule has 5 heteroatoms. The van der Waals surface area contributed by atoms with Crippen LogP contribution in [0.3, 0.4) is 0 Å². The Kier molecular flexibility index (Phi) is 3.26. The van der Waals surface area contributed by atoms with Crippen molar-refractivity contribution in [3.63, 3.8) is 0 Å². The molecule has 0 N–H and O–H groups in total. The number of imidazole rings is 1. The predicted octanol–water partition coefficient (Wildman–Crippen LogP) is 1.57. The molecule has 0 spiro atoms. The molecule has 0 aromatic carbocycles. The third-order valence-corrected chi connectivity index (χ3v) is 3.90. The summed E-state index contributed by atoms with van der Waals surface area (Å²) in [6, 6.07) is 3.18. The van der Waals surface area contributed by atoms with Crippen LogP contribution in [0.1, 0.15) is 34.7 Å². The summed E-state index contributed by atoms with van der Waals surface area (Å²) in [4.78, 5) is 28.1. The van der Waals surface area contributed by atoms with Crippen LogP contribution < -0.4 is 5.56 Å². The molecule has 0 aliphatic heterocycles. The molecule has 2 aromatic rings. The lowest BCUT2D eigenvalue weighted by Gasteiger charge is -2.20. The Bertz CT molecular complexity index is 712. The monoisotopic (exact) mass is 271 g/mol. The highest BCUT2D eigenvalue weighted by molar-refractivity contribution is 5.97. The van der Waals surface area contributed by atoms with Crippen molar-refractivity contribution in [3.8, 4) is 0 Å². The molecule has 1 aliphatic carbocycles. The highest BCUT2D eigenvalue weighted by Crippen LogP contribution is 2.19. The van der Waals surface area contributed by atoms with Gasteiger partial charge in [0.2, 0.25) is 0 Å². The number of carbonyl (C=O) groups excluding carboxylic acids is 1. The summed E-state index contributed by atoms with van der Waals surface area (Å²) in [5.41, 5.74) is 1.58. The lowest BCUT2D eigenvalue weighted by atomic mass is 9.94. The Morgan fingerprint density at radius 2 is 2.05 bits per heavy atom. The molecule has 0 amide bonds. The highest BCUT2D eigenvalue weighted by Gasteiger charge is 2.20. The number of Topliss-reactive ketones (excluding diaryl/α,β-unsaturated/α-hetero) is 1. The van der Waals surface area contributed by atoms with Gasteiger partial charge in [-0.15, -0.1) is 0 Å². The largest absolute Gasteiger partial charge is 0.333 e. The predicted molar refractivity (Wildman–Crippen MR) is 74.9 cm³/mol. The first kappa shape index (κ1) is 12.8. The van der Waals surface area contributed by atoms with E-state index in [4.69, 9.17) is 0 Å². The van der Waals surface area contributed by atoms with E-state index in [0.29, 0.717) is 19.5 Å². The van der Waals surface area contributed by atoms with E-state index < -0.39 is 0 Å². The smallest absolute Gasteiger partial charge is 0.250 e. The molecule has 0 saturated heterocycles. The van der Waals surface area contributed by atoms with E-state index in [9.17, 15) is 9.59 Å². The minimum atomic E-state index is -0.0313. The molecular weight excluding hydrogens is 254 g/mol. The fraction of sp³-hybridized carbons (Fsp3) is 0.400. The van der Waals surface area contributed by atoms with Crippen LogP contribution in [0.5, 0.6) is 0 Å². The van der Waals surface area contributed by atoms with Crippen LogP contribution in [0, 0.1) is 6.92 Å². The highest BCUT2D eigenvalue weighted by atomic mass is 16.1. The Balaban J connectivity index is 1.93. The van der Waals surface area contributed by atoms with Gasteiger partial charge >= 0.3 is 0 Å². The van der Waals surface area contributed by atoms with Crippen LogP contribution in [0.15, 0.2) is 29.3 Å². The summed E-state index contributed by atoms with van der Waals surface area (Å²) in [6.07, 6.45) is 5.88. The Hall–Kier alpha value is -2.17. The minimum Gasteiger partial charge on any atom is -0.333 e. The van der Waals surface area contributed by atoms with Crippen LogP contribution in [0.2, 0.25) is 0 Å². The van der Waals surface area contributed by atoms with E-state index in [0.717, 1.165) is 29.9 Å². The summed E-state index contributed by atoms with van der Waals surface area (Å²) >= 11 is 0. The van der Waals surface area contributed by atoms with E-state index in [1.165, 1.54) is 6.07 Å². The van der Waals surface area contributed by atoms with Crippen molar-refractivity contribution in [3.05, 3.63) is 52.0 Å². The molecule has 3 rings (SSSR count). The van der Waals surface area contributed by atoms with Crippen LogP contribution in [-0.4, -0.2) is 19.9 Å². The van der Waals surface area contributed by atoms with Crippen molar-refractivity contribution < 1.29 is 4.79 Å². The number of hydrogen-bond acceptors (Lipinski definition) is 3. The second kappa shape index (κ2) is 5.07. The van der Waals surface area contributed by atoms with Gasteiger partial charge in [0, 0.05) is 49.2 Å². The number of rotatable bonds is 3. The number of aryl methyl sites for hydroxylation is 2. The van der Waals surface area contributed by atoms with Crippen LogP contribution in [-0.2, 0) is 19.5 Å². The molecule has 0 saturated carbocycles.